The van der Waals surface area contributed by atoms with Crippen LogP contribution in [0.1, 0.15) is 33.3 Å². The van der Waals surface area contributed by atoms with Crippen LogP contribution in [0.4, 0.5) is 4.79 Å². The lowest BCUT2D eigenvalue weighted by Gasteiger charge is -2.30. The standard InChI is InChI=1S/C26H36N4O5S/c1-18(2)14-29-17-27-22-11-10-21(13-24(22)29)36(34,35)30(15-19(3)4)16-25(31)23(28-26(32)33)12-20-8-6-5-7-9-20/h5-11,13,17-19,23,25,28,31H,12,14-16H2,1-4H3,(H,32,33)/t23-,25-/m0/s1. The van der Waals surface area contributed by atoms with Crippen molar-refractivity contribution in [2.45, 2.75) is 57.7 Å². The predicted molar refractivity (Wildman–Crippen MR) is 139 cm³/mol. The third-order valence-corrected chi connectivity index (χ3v) is 7.65. The number of hydrogen-bond donors (Lipinski definition) is 3. The van der Waals surface area contributed by atoms with Crippen molar-refractivity contribution < 1.29 is 23.4 Å². The van der Waals surface area contributed by atoms with Crippen LogP contribution in [0, 0.1) is 11.8 Å². The number of carboxylic acid groups (broad SMARTS) is 1. The van der Waals surface area contributed by atoms with E-state index >= 15 is 0 Å². The molecule has 1 amide bonds. The van der Waals surface area contributed by atoms with E-state index in [1.165, 1.54) is 10.4 Å². The molecule has 2 atom stereocenters. The average molecular weight is 517 g/mol. The summed E-state index contributed by atoms with van der Waals surface area (Å²) in [4.78, 5) is 15.9. The number of aromatic nitrogens is 2. The van der Waals surface area contributed by atoms with Gasteiger partial charge in [0.15, 0.2) is 0 Å². The van der Waals surface area contributed by atoms with E-state index in [2.05, 4.69) is 24.1 Å². The number of aliphatic hydroxyl groups excluding tert-OH is 1. The van der Waals surface area contributed by atoms with E-state index in [1.54, 1.807) is 18.5 Å². The molecule has 196 valence electrons. The van der Waals surface area contributed by atoms with Crippen LogP contribution in [0.25, 0.3) is 11.0 Å². The van der Waals surface area contributed by atoms with Gasteiger partial charge in [0.2, 0.25) is 10.0 Å². The van der Waals surface area contributed by atoms with Gasteiger partial charge in [-0.25, -0.2) is 18.2 Å². The van der Waals surface area contributed by atoms with Crippen molar-refractivity contribution in [1.29, 1.82) is 0 Å². The van der Waals surface area contributed by atoms with Crippen molar-refractivity contribution in [3.63, 3.8) is 0 Å². The molecule has 3 aromatic rings. The highest BCUT2D eigenvalue weighted by Gasteiger charge is 2.31. The summed E-state index contributed by atoms with van der Waals surface area (Å²) in [5, 5.41) is 22.7. The number of amides is 1. The highest BCUT2D eigenvalue weighted by molar-refractivity contribution is 7.89. The highest BCUT2D eigenvalue weighted by Crippen LogP contribution is 2.24. The zero-order valence-electron chi connectivity index (χ0n) is 21.2. The molecule has 0 unspecified atom stereocenters. The van der Waals surface area contributed by atoms with Crippen molar-refractivity contribution in [1.82, 2.24) is 19.2 Å². The molecule has 0 aliphatic carbocycles. The van der Waals surface area contributed by atoms with Crippen LogP contribution in [-0.4, -0.2) is 63.8 Å². The fraction of sp³-hybridized carbons (Fsp3) is 0.462. The molecule has 10 heteroatoms. The Bertz CT molecular complexity index is 1260. The number of nitrogens with one attached hydrogen (secondary N) is 1. The minimum absolute atomic E-state index is 0.0119. The summed E-state index contributed by atoms with van der Waals surface area (Å²) in [5.41, 5.74) is 2.26. The third kappa shape index (κ3) is 7.05. The third-order valence-electron chi connectivity index (χ3n) is 5.82. The molecule has 0 spiro atoms. The Kier molecular flexibility index (Phi) is 9.10. The Morgan fingerprint density at radius 3 is 2.36 bits per heavy atom. The van der Waals surface area contributed by atoms with E-state index in [-0.39, 0.29) is 30.3 Å². The molecule has 3 N–H and O–H groups in total. The minimum atomic E-state index is -3.98. The molecule has 0 aliphatic heterocycles. The number of benzene rings is 2. The molecule has 36 heavy (non-hydrogen) atoms. The maximum atomic E-state index is 13.8. The monoisotopic (exact) mass is 516 g/mol. The zero-order valence-corrected chi connectivity index (χ0v) is 22.0. The van der Waals surface area contributed by atoms with E-state index < -0.39 is 28.3 Å². The molecule has 0 fully saturated rings. The van der Waals surface area contributed by atoms with Crippen LogP contribution in [0.2, 0.25) is 0 Å². The number of hydrogen-bond acceptors (Lipinski definition) is 5. The van der Waals surface area contributed by atoms with Gasteiger partial charge in [0.25, 0.3) is 0 Å². The predicted octanol–water partition coefficient (Wildman–Crippen LogP) is 3.58. The number of sulfonamides is 1. The summed E-state index contributed by atoms with van der Waals surface area (Å²) in [6.45, 7) is 8.58. The lowest BCUT2D eigenvalue weighted by molar-refractivity contribution is 0.0980. The van der Waals surface area contributed by atoms with Crippen LogP contribution in [-0.2, 0) is 23.0 Å². The maximum Gasteiger partial charge on any atom is 0.404 e. The van der Waals surface area contributed by atoms with Gasteiger partial charge in [-0.3, -0.25) is 0 Å². The smallest absolute Gasteiger partial charge is 0.404 e. The molecule has 0 aliphatic rings. The molecule has 0 saturated heterocycles. The average Bonchev–Trinajstić information content (AvgIpc) is 3.19. The second kappa shape index (κ2) is 11.9. The maximum absolute atomic E-state index is 13.8. The summed E-state index contributed by atoms with van der Waals surface area (Å²) >= 11 is 0. The van der Waals surface area contributed by atoms with Gasteiger partial charge in [0.1, 0.15) is 0 Å². The SMILES string of the molecule is CC(C)CN(C[C@H](O)[C@H](Cc1ccccc1)NC(=O)O)S(=O)(=O)c1ccc2ncn(CC(C)C)c2c1. The van der Waals surface area contributed by atoms with E-state index in [0.29, 0.717) is 18.0 Å². The summed E-state index contributed by atoms with van der Waals surface area (Å²) in [6, 6.07) is 13.1. The zero-order chi connectivity index (χ0) is 26.5. The first-order chi connectivity index (χ1) is 17.0. The van der Waals surface area contributed by atoms with E-state index in [0.717, 1.165) is 11.1 Å². The first-order valence-corrected chi connectivity index (χ1v) is 13.6. The number of fused-ring (bicyclic) bond motifs is 1. The lowest BCUT2D eigenvalue weighted by Crippen LogP contribution is -2.50. The van der Waals surface area contributed by atoms with Crippen LogP contribution >= 0.6 is 0 Å². The van der Waals surface area contributed by atoms with E-state index in [4.69, 9.17) is 0 Å². The highest BCUT2D eigenvalue weighted by atomic mass is 32.2. The van der Waals surface area contributed by atoms with Gasteiger partial charge >= 0.3 is 6.09 Å². The van der Waals surface area contributed by atoms with Gasteiger partial charge < -0.3 is 20.1 Å². The summed E-state index contributed by atoms with van der Waals surface area (Å²) < 4.78 is 30.7. The first kappa shape index (κ1) is 27.6. The van der Waals surface area contributed by atoms with Crippen LogP contribution in [0.5, 0.6) is 0 Å². The van der Waals surface area contributed by atoms with E-state index in [1.807, 2.05) is 48.7 Å². The number of carbonyl (C=O) groups is 1. The Hall–Kier alpha value is -2.95. The Balaban J connectivity index is 1.91. The van der Waals surface area contributed by atoms with Crippen LogP contribution in [0.3, 0.4) is 0 Å². The van der Waals surface area contributed by atoms with Crippen molar-refractivity contribution in [3.8, 4) is 0 Å². The van der Waals surface area contributed by atoms with Crippen LogP contribution < -0.4 is 5.32 Å². The van der Waals surface area contributed by atoms with E-state index in [9.17, 15) is 23.4 Å². The topological polar surface area (TPSA) is 125 Å². The van der Waals surface area contributed by atoms with Crippen molar-refractivity contribution in [2.24, 2.45) is 11.8 Å². The quantitative estimate of drug-likeness (QED) is 0.338. The second-order valence-electron chi connectivity index (χ2n) is 9.97. The Morgan fingerprint density at radius 1 is 1.06 bits per heavy atom. The number of nitrogens with zero attached hydrogens (tertiary/aromatic N) is 3. The molecule has 3 rings (SSSR count). The van der Waals surface area contributed by atoms with Crippen LogP contribution in [0.15, 0.2) is 59.8 Å². The molecule has 0 radical (unpaired) electrons. The van der Waals surface area contributed by atoms with Gasteiger partial charge in [-0.2, -0.15) is 4.31 Å². The van der Waals surface area contributed by atoms with Crippen molar-refractivity contribution >= 4 is 27.1 Å². The number of rotatable bonds is 12. The Labute approximate surface area is 212 Å². The van der Waals surface area contributed by atoms with Gasteiger partial charge in [0, 0.05) is 19.6 Å². The molecule has 9 nitrogen and oxygen atoms in total. The number of imidazole rings is 1. The normalized spacial score (nSPS) is 14.0. The van der Waals surface area contributed by atoms with Gasteiger partial charge in [-0.05, 0) is 42.0 Å². The fourth-order valence-corrected chi connectivity index (χ4v) is 5.85. The summed E-state index contributed by atoms with van der Waals surface area (Å²) in [7, 11) is -3.98. The minimum Gasteiger partial charge on any atom is -0.465 e. The van der Waals surface area contributed by atoms with Gasteiger partial charge in [-0.1, -0.05) is 58.0 Å². The largest absolute Gasteiger partial charge is 0.465 e. The molecule has 1 heterocycles. The molecule has 0 saturated carbocycles. The molecule has 2 aromatic carbocycles. The Morgan fingerprint density at radius 2 is 1.75 bits per heavy atom. The van der Waals surface area contributed by atoms with Crippen molar-refractivity contribution in [2.75, 3.05) is 13.1 Å². The van der Waals surface area contributed by atoms with Crippen molar-refractivity contribution in [3.05, 3.63) is 60.4 Å². The summed E-state index contributed by atoms with van der Waals surface area (Å²) in [5.74, 6) is 0.348. The second-order valence-corrected chi connectivity index (χ2v) is 11.9. The summed E-state index contributed by atoms with van der Waals surface area (Å²) in [6.07, 6.45) is -0.603. The molecular weight excluding hydrogens is 480 g/mol. The number of aliphatic hydroxyl groups is 1. The first-order valence-electron chi connectivity index (χ1n) is 12.1. The molecular formula is C26H36N4O5S. The van der Waals surface area contributed by atoms with Gasteiger partial charge in [0.05, 0.1) is 34.4 Å². The van der Waals surface area contributed by atoms with Gasteiger partial charge in [-0.15, -0.1) is 0 Å². The lowest BCUT2D eigenvalue weighted by atomic mass is 10.0. The fourth-order valence-electron chi connectivity index (χ4n) is 4.21. The molecule has 0 bridgehead atoms. The molecule has 1 aromatic heterocycles.